The first-order valence-corrected chi connectivity index (χ1v) is 9.81. The molecule has 0 saturated heterocycles. The van der Waals surface area contributed by atoms with Crippen molar-refractivity contribution < 1.29 is 4.74 Å². The third-order valence-electron chi connectivity index (χ3n) is 4.05. The van der Waals surface area contributed by atoms with Crippen LogP contribution in [0.15, 0.2) is 47.6 Å². The number of ether oxygens (including phenoxy) is 1. The number of thioether (sulfide) groups is 1. The highest BCUT2D eigenvalue weighted by atomic mass is 35.5. The maximum Gasteiger partial charge on any atom is 0.191 e. The Hall–Kier alpha value is -1.98. The maximum absolute atomic E-state index is 6.23. The fraction of sp³-hybridized carbons (Fsp3) is 0.300. The summed E-state index contributed by atoms with van der Waals surface area (Å²) in [5, 5.41) is 10.3. The summed E-state index contributed by atoms with van der Waals surface area (Å²) in [5.41, 5.74) is 3.45. The Kier molecular flexibility index (Phi) is 5.89. The van der Waals surface area contributed by atoms with E-state index in [9.17, 15) is 0 Å². The molecular weight excluding hydrogens is 366 g/mol. The lowest BCUT2D eigenvalue weighted by Gasteiger charge is -2.15. The number of benzene rings is 2. The standard InChI is InChI=1S/C20H22ClN3OS/c1-13-9-14(2)11-17(10-13)25-15(3)19-22-23-20(24(19)4)26-12-16-7-5-6-8-18(16)21/h5-11,15H,12H2,1-4H3. The van der Waals surface area contributed by atoms with Crippen molar-refractivity contribution in [1.29, 1.82) is 0 Å². The number of halogens is 1. The van der Waals surface area contributed by atoms with E-state index < -0.39 is 0 Å². The second-order valence-corrected chi connectivity index (χ2v) is 7.71. The SMILES string of the molecule is Cc1cc(C)cc(OC(C)c2nnc(SCc3ccccc3Cl)n2C)c1. The molecule has 3 rings (SSSR count). The van der Waals surface area contributed by atoms with Gasteiger partial charge in [0.2, 0.25) is 0 Å². The third-order valence-corrected chi connectivity index (χ3v) is 5.49. The Morgan fingerprint density at radius 2 is 1.81 bits per heavy atom. The molecule has 0 amide bonds. The molecule has 4 nitrogen and oxygen atoms in total. The molecule has 0 aliphatic carbocycles. The van der Waals surface area contributed by atoms with Gasteiger partial charge in [0.25, 0.3) is 0 Å². The van der Waals surface area contributed by atoms with Gasteiger partial charge in [0.15, 0.2) is 17.1 Å². The number of hydrogen-bond acceptors (Lipinski definition) is 4. The Morgan fingerprint density at radius 3 is 2.50 bits per heavy atom. The van der Waals surface area contributed by atoms with Crippen molar-refractivity contribution in [1.82, 2.24) is 14.8 Å². The van der Waals surface area contributed by atoms with Gasteiger partial charge in [-0.3, -0.25) is 0 Å². The van der Waals surface area contributed by atoms with Crippen molar-refractivity contribution in [3.05, 3.63) is 70.0 Å². The van der Waals surface area contributed by atoms with Crippen LogP contribution in [0.1, 0.15) is 35.5 Å². The van der Waals surface area contributed by atoms with Crippen molar-refractivity contribution in [3.8, 4) is 5.75 Å². The summed E-state index contributed by atoms with van der Waals surface area (Å²) in [6, 6.07) is 14.0. The van der Waals surface area contributed by atoms with E-state index >= 15 is 0 Å². The van der Waals surface area contributed by atoms with E-state index in [1.165, 1.54) is 11.1 Å². The third kappa shape index (κ3) is 4.40. The van der Waals surface area contributed by atoms with E-state index in [1.54, 1.807) is 11.8 Å². The Balaban J connectivity index is 1.70. The molecule has 0 N–H and O–H groups in total. The van der Waals surface area contributed by atoms with Crippen LogP contribution in [0.3, 0.4) is 0 Å². The van der Waals surface area contributed by atoms with E-state index in [0.717, 1.165) is 33.1 Å². The summed E-state index contributed by atoms with van der Waals surface area (Å²) < 4.78 is 8.07. The quantitative estimate of drug-likeness (QED) is 0.522. The summed E-state index contributed by atoms with van der Waals surface area (Å²) in [6.45, 7) is 6.12. The molecule has 0 spiro atoms. The van der Waals surface area contributed by atoms with Crippen LogP contribution in [0.4, 0.5) is 0 Å². The van der Waals surface area contributed by atoms with Gasteiger partial charge in [0.1, 0.15) is 5.75 Å². The van der Waals surface area contributed by atoms with Crippen LogP contribution in [0, 0.1) is 13.8 Å². The van der Waals surface area contributed by atoms with Gasteiger partial charge in [-0.25, -0.2) is 0 Å². The number of aromatic nitrogens is 3. The minimum Gasteiger partial charge on any atom is -0.483 e. The number of nitrogens with zero attached hydrogens (tertiary/aromatic N) is 3. The van der Waals surface area contributed by atoms with Gasteiger partial charge < -0.3 is 9.30 Å². The zero-order valence-corrected chi connectivity index (χ0v) is 16.9. The molecule has 0 bridgehead atoms. The first-order chi connectivity index (χ1) is 12.4. The fourth-order valence-electron chi connectivity index (χ4n) is 2.82. The van der Waals surface area contributed by atoms with Crippen LogP contribution in [0.5, 0.6) is 5.75 Å². The predicted molar refractivity (Wildman–Crippen MR) is 107 cm³/mol. The number of hydrogen-bond donors (Lipinski definition) is 0. The van der Waals surface area contributed by atoms with Crippen molar-refractivity contribution >= 4 is 23.4 Å². The molecule has 0 radical (unpaired) electrons. The van der Waals surface area contributed by atoms with Crippen molar-refractivity contribution in [2.75, 3.05) is 0 Å². The molecule has 1 unspecified atom stereocenters. The van der Waals surface area contributed by atoms with Gasteiger partial charge in [0.05, 0.1) is 0 Å². The second-order valence-electron chi connectivity index (χ2n) is 6.36. The van der Waals surface area contributed by atoms with Gasteiger partial charge >= 0.3 is 0 Å². The highest BCUT2D eigenvalue weighted by Gasteiger charge is 2.17. The normalized spacial score (nSPS) is 12.2. The molecule has 0 fully saturated rings. The minimum atomic E-state index is -0.191. The molecule has 26 heavy (non-hydrogen) atoms. The summed E-state index contributed by atoms with van der Waals surface area (Å²) >= 11 is 7.84. The minimum absolute atomic E-state index is 0.191. The van der Waals surface area contributed by atoms with E-state index in [2.05, 4.69) is 30.1 Å². The summed E-state index contributed by atoms with van der Waals surface area (Å²) in [7, 11) is 1.96. The largest absolute Gasteiger partial charge is 0.483 e. The highest BCUT2D eigenvalue weighted by molar-refractivity contribution is 7.98. The van der Waals surface area contributed by atoms with Crippen LogP contribution < -0.4 is 4.74 Å². The van der Waals surface area contributed by atoms with E-state index in [0.29, 0.717) is 0 Å². The zero-order valence-electron chi connectivity index (χ0n) is 15.4. The van der Waals surface area contributed by atoms with E-state index in [1.807, 2.05) is 54.9 Å². The molecule has 0 aliphatic heterocycles. The Bertz CT molecular complexity index is 890. The lowest BCUT2D eigenvalue weighted by Crippen LogP contribution is -2.10. The molecule has 2 aromatic carbocycles. The first-order valence-electron chi connectivity index (χ1n) is 8.44. The van der Waals surface area contributed by atoms with Crippen molar-refractivity contribution in [2.45, 2.75) is 37.8 Å². The molecule has 6 heteroatoms. The zero-order chi connectivity index (χ0) is 18.7. The molecule has 1 aromatic heterocycles. The molecule has 1 atom stereocenters. The average Bonchev–Trinajstić information content (AvgIpc) is 2.94. The monoisotopic (exact) mass is 387 g/mol. The van der Waals surface area contributed by atoms with Crippen molar-refractivity contribution in [3.63, 3.8) is 0 Å². The van der Waals surface area contributed by atoms with E-state index in [4.69, 9.17) is 16.3 Å². The predicted octanol–water partition coefficient (Wildman–Crippen LogP) is 5.52. The number of aryl methyl sites for hydroxylation is 2. The van der Waals surface area contributed by atoms with Crippen LogP contribution in [-0.2, 0) is 12.8 Å². The smallest absolute Gasteiger partial charge is 0.191 e. The van der Waals surface area contributed by atoms with Crippen LogP contribution in [0.2, 0.25) is 5.02 Å². The molecule has 1 heterocycles. The fourth-order valence-corrected chi connectivity index (χ4v) is 4.03. The molecule has 0 saturated carbocycles. The molecule has 0 aliphatic rings. The van der Waals surface area contributed by atoms with Gasteiger partial charge in [-0.2, -0.15) is 0 Å². The van der Waals surface area contributed by atoms with Crippen LogP contribution >= 0.6 is 23.4 Å². The summed E-state index contributed by atoms with van der Waals surface area (Å²) in [6.07, 6.45) is -0.191. The van der Waals surface area contributed by atoms with Gasteiger partial charge in [0, 0.05) is 17.8 Å². The molecular formula is C20H22ClN3OS. The van der Waals surface area contributed by atoms with Crippen LogP contribution in [0.25, 0.3) is 0 Å². The maximum atomic E-state index is 6.23. The molecule has 3 aromatic rings. The van der Waals surface area contributed by atoms with Gasteiger partial charge in [-0.05, 0) is 55.7 Å². The number of rotatable bonds is 6. The summed E-state index contributed by atoms with van der Waals surface area (Å²) in [5.74, 6) is 2.40. The van der Waals surface area contributed by atoms with Gasteiger partial charge in [-0.1, -0.05) is 47.6 Å². The highest BCUT2D eigenvalue weighted by Crippen LogP contribution is 2.28. The Labute approximate surface area is 163 Å². The molecule has 136 valence electrons. The van der Waals surface area contributed by atoms with Crippen LogP contribution in [-0.4, -0.2) is 14.8 Å². The van der Waals surface area contributed by atoms with Gasteiger partial charge in [-0.15, -0.1) is 10.2 Å². The average molecular weight is 388 g/mol. The summed E-state index contributed by atoms with van der Waals surface area (Å²) in [4.78, 5) is 0. The topological polar surface area (TPSA) is 39.9 Å². The lowest BCUT2D eigenvalue weighted by molar-refractivity contribution is 0.211. The Morgan fingerprint density at radius 1 is 1.12 bits per heavy atom. The first kappa shape index (κ1) is 18.8. The lowest BCUT2D eigenvalue weighted by atomic mass is 10.1. The second kappa shape index (κ2) is 8.14. The van der Waals surface area contributed by atoms with E-state index in [-0.39, 0.29) is 6.10 Å². The van der Waals surface area contributed by atoms with Crippen molar-refractivity contribution in [2.24, 2.45) is 7.05 Å².